The monoisotopic (exact) mass is 253 g/mol. The van der Waals surface area contributed by atoms with Crippen LogP contribution in [0.2, 0.25) is 0 Å². The largest absolute Gasteiger partial charge is 0.456 e. The second-order valence-corrected chi connectivity index (χ2v) is 3.80. The van der Waals surface area contributed by atoms with Gasteiger partial charge in [-0.3, -0.25) is 14.4 Å². The Morgan fingerprint density at radius 1 is 1.50 bits per heavy atom. The number of imidazole rings is 1. The number of hydrogen-bond acceptors (Lipinski definition) is 5. The Hall–Kier alpha value is -2.18. The second-order valence-electron chi connectivity index (χ2n) is 3.80. The summed E-state index contributed by atoms with van der Waals surface area (Å²) in [6.07, 6.45) is 3.77. The Labute approximate surface area is 104 Å². The van der Waals surface area contributed by atoms with E-state index in [0.717, 1.165) is 0 Å². The first-order valence-corrected chi connectivity index (χ1v) is 5.36. The van der Waals surface area contributed by atoms with Crippen molar-refractivity contribution in [2.45, 2.75) is 13.0 Å². The summed E-state index contributed by atoms with van der Waals surface area (Å²) in [5.41, 5.74) is 0. The van der Waals surface area contributed by atoms with Crippen molar-refractivity contribution in [3.63, 3.8) is 0 Å². The fourth-order valence-corrected chi connectivity index (χ4v) is 1.18. The minimum atomic E-state index is -0.490. The highest BCUT2D eigenvalue weighted by Gasteiger charge is 2.10. The lowest BCUT2D eigenvalue weighted by Gasteiger charge is -2.10. The highest BCUT2D eigenvalue weighted by atomic mass is 16.5. The summed E-state index contributed by atoms with van der Waals surface area (Å²) in [6.45, 7) is 0.0271. The molecule has 0 bridgehead atoms. The first kappa shape index (κ1) is 13.9. The number of likely N-dealkylation sites (N-methyl/N-ethyl adjacent to an activating group) is 1. The van der Waals surface area contributed by atoms with Gasteiger partial charge < -0.3 is 14.2 Å². The molecule has 7 heteroatoms. The Bertz CT molecular complexity index is 439. The van der Waals surface area contributed by atoms with Gasteiger partial charge in [0.1, 0.15) is 0 Å². The minimum Gasteiger partial charge on any atom is -0.456 e. The number of rotatable bonds is 6. The van der Waals surface area contributed by atoms with Crippen molar-refractivity contribution >= 4 is 18.2 Å². The van der Waals surface area contributed by atoms with Gasteiger partial charge in [0.05, 0.1) is 6.42 Å². The van der Waals surface area contributed by atoms with Crippen molar-refractivity contribution in [3.05, 3.63) is 18.2 Å². The number of hydrogen-bond donors (Lipinski definition) is 0. The predicted octanol–water partition coefficient (Wildman–Crippen LogP) is -0.283. The van der Waals surface area contributed by atoms with E-state index in [4.69, 9.17) is 4.74 Å². The summed E-state index contributed by atoms with van der Waals surface area (Å²) >= 11 is 0. The highest BCUT2D eigenvalue weighted by Crippen LogP contribution is 1.98. The van der Waals surface area contributed by atoms with Crippen LogP contribution in [0.15, 0.2) is 12.4 Å². The molecule has 1 aromatic rings. The lowest BCUT2D eigenvalue weighted by molar-refractivity contribution is -0.151. The molecule has 0 aliphatic carbocycles. The summed E-state index contributed by atoms with van der Waals surface area (Å²) in [6, 6.07) is 0. The van der Waals surface area contributed by atoms with Crippen LogP contribution in [0.4, 0.5) is 0 Å². The van der Waals surface area contributed by atoms with Gasteiger partial charge >= 0.3 is 5.97 Å². The van der Waals surface area contributed by atoms with E-state index >= 15 is 0 Å². The third-order valence-corrected chi connectivity index (χ3v) is 2.27. The summed E-state index contributed by atoms with van der Waals surface area (Å²) in [4.78, 5) is 38.2. The van der Waals surface area contributed by atoms with Gasteiger partial charge in [-0.2, -0.15) is 0 Å². The van der Waals surface area contributed by atoms with Crippen LogP contribution >= 0.6 is 0 Å². The van der Waals surface area contributed by atoms with Gasteiger partial charge in [-0.05, 0) is 0 Å². The third-order valence-electron chi connectivity index (χ3n) is 2.27. The summed E-state index contributed by atoms with van der Waals surface area (Å²) in [5.74, 6) is -0.512. The van der Waals surface area contributed by atoms with E-state index in [9.17, 15) is 14.4 Å². The zero-order chi connectivity index (χ0) is 13.5. The standard InChI is InChI=1S/C11H15N3O4/c1-13(2)10(16)8-18-11(17)3-5-14-6-4-12-9(14)7-15/h4,6-7H,3,5,8H2,1-2H3. The molecule has 1 amide bonds. The molecule has 0 saturated heterocycles. The van der Waals surface area contributed by atoms with Gasteiger partial charge in [-0.15, -0.1) is 0 Å². The number of aldehydes is 1. The normalized spacial score (nSPS) is 9.89. The van der Waals surface area contributed by atoms with Crippen LogP contribution in [-0.4, -0.2) is 53.3 Å². The Kier molecular flexibility index (Phi) is 5.04. The lowest BCUT2D eigenvalue weighted by Crippen LogP contribution is -2.27. The number of amides is 1. The molecular weight excluding hydrogens is 238 g/mol. The Morgan fingerprint density at radius 3 is 2.83 bits per heavy atom. The van der Waals surface area contributed by atoms with Crippen LogP contribution in [0, 0.1) is 0 Å². The molecule has 7 nitrogen and oxygen atoms in total. The maximum atomic E-state index is 11.3. The summed E-state index contributed by atoms with van der Waals surface area (Å²) < 4.78 is 6.33. The van der Waals surface area contributed by atoms with E-state index in [2.05, 4.69) is 4.98 Å². The maximum Gasteiger partial charge on any atom is 0.308 e. The van der Waals surface area contributed by atoms with E-state index in [0.29, 0.717) is 12.8 Å². The Balaban J connectivity index is 2.33. The van der Waals surface area contributed by atoms with Crippen LogP contribution in [-0.2, 0) is 20.9 Å². The number of aryl methyl sites for hydroxylation is 1. The van der Waals surface area contributed by atoms with E-state index in [1.54, 1.807) is 24.9 Å². The Morgan fingerprint density at radius 2 is 2.22 bits per heavy atom. The van der Waals surface area contributed by atoms with Crippen molar-refractivity contribution < 1.29 is 19.1 Å². The SMILES string of the molecule is CN(C)C(=O)COC(=O)CCn1ccnc1C=O. The molecule has 1 aromatic heterocycles. The summed E-state index contributed by atoms with van der Waals surface area (Å²) in [5, 5.41) is 0. The molecule has 0 radical (unpaired) electrons. The average molecular weight is 253 g/mol. The molecule has 18 heavy (non-hydrogen) atoms. The van der Waals surface area contributed by atoms with E-state index in [-0.39, 0.29) is 24.8 Å². The fraction of sp³-hybridized carbons (Fsp3) is 0.455. The number of carbonyl (C=O) groups excluding carboxylic acids is 3. The van der Waals surface area contributed by atoms with Gasteiger partial charge in [0.2, 0.25) is 0 Å². The molecule has 0 N–H and O–H groups in total. The molecular formula is C11H15N3O4. The minimum absolute atomic E-state index is 0.0813. The fourth-order valence-electron chi connectivity index (χ4n) is 1.18. The first-order chi connectivity index (χ1) is 8.54. The molecule has 1 rings (SSSR count). The molecule has 0 fully saturated rings. The van der Waals surface area contributed by atoms with Gasteiger partial charge in [0.25, 0.3) is 5.91 Å². The van der Waals surface area contributed by atoms with Crippen molar-refractivity contribution in [2.24, 2.45) is 0 Å². The van der Waals surface area contributed by atoms with E-state index in [1.165, 1.54) is 11.1 Å². The number of aromatic nitrogens is 2. The molecule has 1 heterocycles. The number of nitrogens with zero attached hydrogens (tertiary/aromatic N) is 3. The van der Waals surface area contributed by atoms with Crippen molar-refractivity contribution in [1.29, 1.82) is 0 Å². The van der Waals surface area contributed by atoms with Gasteiger partial charge in [0.15, 0.2) is 18.7 Å². The van der Waals surface area contributed by atoms with Crippen molar-refractivity contribution in [3.8, 4) is 0 Å². The van der Waals surface area contributed by atoms with Crippen LogP contribution in [0.5, 0.6) is 0 Å². The van der Waals surface area contributed by atoms with Crippen LogP contribution < -0.4 is 0 Å². The molecule has 98 valence electrons. The van der Waals surface area contributed by atoms with Crippen molar-refractivity contribution in [1.82, 2.24) is 14.5 Å². The second kappa shape index (κ2) is 6.53. The predicted molar refractivity (Wildman–Crippen MR) is 61.9 cm³/mol. The van der Waals surface area contributed by atoms with Crippen LogP contribution in [0.3, 0.4) is 0 Å². The highest BCUT2D eigenvalue weighted by molar-refractivity contribution is 5.80. The van der Waals surface area contributed by atoms with E-state index in [1.807, 2.05) is 0 Å². The topological polar surface area (TPSA) is 81.5 Å². The number of ether oxygens (including phenoxy) is 1. The van der Waals surface area contributed by atoms with Gasteiger partial charge in [-0.25, -0.2) is 4.98 Å². The van der Waals surface area contributed by atoms with Crippen molar-refractivity contribution in [2.75, 3.05) is 20.7 Å². The third kappa shape index (κ3) is 4.00. The smallest absolute Gasteiger partial charge is 0.308 e. The van der Waals surface area contributed by atoms with Crippen LogP contribution in [0.1, 0.15) is 17.0 Å². The molecule has 0 atom stereocenters. The molecule has 0 unspecified atom stereocenters. The molecule has 0 saturated carbocycles. The number of esters is 1. The van der Waals surface area contributed by atoms with Crippen LogP contribution in [0.25, 0.3) is 0 Å². The molecule has 0 spiro atoms. The summed E-state index contributed by atoms with van der Waals surface area (Å²) in [7, 11) is 3.16. The van der Waals surface area contributed by atoms with Gasteiger partial charge in [0, 0.05) is 33.0 Å². The molecule has 0 aromatic carbocycles. The maximum absolute atomic E-state index is 11.3. The average Bonchev–Trinajstić information content (AvgIpc) is 2.80. The lowest BCUT2D eigenvalue weighted by atomic mass is 10.4. The number of carbonyl (C=O) groups is 3. The van der Waals surface area contributed by atoms with Gasteiger partial charge in [-0.1, -0.05) is 0 Å². The quantitative estimate of drug-likeness (QED) is 0.514. The van der Waals surface area contributed by atoms with E-state index < -0.39 is 5.97 Å². The molecule has 0 aliphatic heterocycles. The zero-order valence-electron chi connectivity index (χ0n) is 10.3. The zero-order valence-corrected chi connectivity index (χ0v) is 10.3. The first-order valence-electron chi connectivity index (χ1n) is 5.36. The molecule has 0 aliphatic rings.